The van der Waals surface area contributed by atoms with Crippen LogP contribution in [0, 0.1) is 13.8 Å². The fraction of sp³-hybridized carbons (Fsp3) is 0.167. The van der Waals surface area contributed by atoms with Gasteiger partial charge in [0, 0.05) is 0 Å². The summed E-state index contributed by atoms with van der Waals surface area (Å²) in [4.78, 5) is 15.8. The number of anilines is 1. The third-order valence-electron chi connectivity index (χ3n) is 2.29. The first kappa shape index (κ1) is 11.1. The molecule has 82 valence electrons. The molecule has 1 aromatic heterocycles. The Morgan fingerprint density at radius 2 is 2.19 bits per heavy atom. The van der Waals surface area contributed by atoms with Crippen LogP contribution in [0.3, 0.4) is 0 Å². The Hall–Kier alpha value is -1.38. The SMILES string of the molecule is Cc1ccc(NC(=O)c2cnc[se]2)c(C)c1. The van der Waals surface area contributed by atoms with Crippen LogP contribution in [0.25, 0.3) is 0 Å². The number of amides is 1. The number of hydrogen-bond acceptors (Lipinski definition) is 2. The average Bonchev–Trinajstić information content (AvgIpc) is 2.75. The molecule has 3 nitrogen and oxygen atoms in total. The van der Waals surface area contributed by atoms with Crippen LogP contribution < -0.4 is 5.32 Å². The molecule has 0 aliphatic rings. The van der Waals surface area contributed by atoms with Crippen LogP contribution in [0.2, 0.25) is 0 Å². The van der Waals surface area contributed by atoms with Crippen molar-refractivity contribution in [2.45, 2.75) is 13.8 Å². The number of hydrogen-bond donors (Lipinski definition) is 1. The van der Waals surface area contributed by atoms with Crippen molar-refractivity contribution < 1.29 is 4.79 Å². The van der Waals surface area contributed by atoms with Gasteiger partial charge in [-0.15, -0.1) is 0 Å². The van der Waals surface area contributed by atoms with E-state index in [1.807, 2.05) is 26.0 Å². The summed E-state index contributed by atoms with van der Waals surface area (Å²) in [6, 6.07) is 5.99. The van der Waals surface area contributed by atoms with Gasteiger partial charge in [0.1, 0.15) is 0 Å². The molecule has 0 atom stereocenters. The molecule has 0 radical (unpaired) electrons. The number of carbonyl (C=O) groups excluding carboxylic acids is 1. The minimum absolute atomic E-state index is 0.0375. The van der Waals surface area contributed by atoms with E-state index < -0.39 is 0 Å². The maximum absolute atomic E-state index is 11.8. The van der Waals surface area contributed by atoms with Crippen LogP contribution in [0.5, 0.6) is 0 Å². The van der Waals surface area contributed by atoms with E-state index in [2.05, 4.69) is 16.4 Å². The molecule has 0 aliphatic carbocycles. The fourth-order valence-corrected chi connectivity index (χ4v) is 2.55. The molecule has 2 rings (SSSR count). The summed E-state index contributed by atoms with van der Waals surface area (Å²) in [5.74, 6) is -0.0375. The standard InChI is InChI=1S/C12H12N2OSe/c1-8-3-4-10(9(2)5-8)14-12(15)11-6-13-7-16-11/h3-7H,1-2H3,(H,14,15). The van der Waals surface area contributed by atoms with Crippen molar-refractivity contribution in [1.29, 1.82) is 0 Å². The Balaban J connectivity index is 2.18. The van der Waals surface area contributed by atoms with Crippen molar-refractivity contribution in [3.05, 3.63) is 45.0 Å². The molecule has 1 heterocycles. The van der Waals surface area contributed by atoms with Gasteiger partial charge in [-0.05, 0) is 0 Å². The van der Waals surface area contributed by atoms with Gasteiger partial charge >= 0.3 is 100 Å². The van der Waals surface area contributed by atoms with Gasteiger partial charge in [-0.2, -0.15) is 0 Å². The first-order chi connectivity index (χ1) is 7.66. The first-order valence-corrected chi connectivity index (χ1v) is 6.78. The molecular formula is C12H12N2OSe. The predicted molar refractivity (Wildman–Crippen MR) is 65.0 cm³/mol. The van der Waals surface area contributed by atoms with E-state index in [9.17, 15) is 4.79 Å². The molecule has 16 heavy (non-hydrogen) atoms. The topological polar surface area (TPSA) is 42.0 Å². The van der Waals surface area contributed by atoms with Crippen molar-refractivity contribution in [3.63, 3.8) is 0 Å². The number of nitrogens with zero attached hydrogens (tertiary/aromatic N) is 1. The Bertz CT molecular complexity index is 506. The van der Waals surface area contributed by atoms with Crippen LogP contribution in [-0.2, 0) is 0 Å². The van der Waals surface area contributed by atoms with Crippen molar-refractivity contribution in [3.8, 4) is 0 Å². The summed E-state index contributed by atoms with van der Waals surface area (Å²) in [5, 5.41) is 4.70. The molecule has 0 saturated carbocycles. The van der Waals surface area contributed by atoms with E-state index in [1.54, 1.807) is 11.3 Å². The number of nitrogens with one attached hydrogen (secondary N) is 1. The molecule has 1 amide bonds. The summed E-state index contributed by atoms with van der Waals surface area (Å²) in [7, 11) is 0. The zero-order chi connectivity index (χ0) is 11.5. The van der Waals surface area contributed by atoms with Gasteiger partial charge in [-0.3, -0.25) is 0 Å². The summed E-state index contributed by atoms with van der Waals surface area (Å²) in [5.41, 5.74) is 3.16. The van der Waals surface area contributed by atoms with Gasteiger partial charge in [-0.25, -0.2) is 0 Å². The zero-order valence-electron chi connectivity index (χ0n) is 9.15. The van der Waals surface area contributed by atoms with Gasteiger partial charge in [0.25, 0.3) is 0 Å². The zero-order valence-corrected chi connectivity index (χ0v) is 10.9. The number of carbonyl (C=O) groups is 1. The summed E-state index contributed by atoms with van der Waals surface area (Å²) in [6.45, 7) is 4.03. The van der Waals surface area contributed by atoms with Gasteiger partial charge in [0.15, 0.2) is 0 Å². The molecule has 1 N–H and O–H groups in total. The van der Waals surface area contributed by atoms with Crippen molar-refractivity contribution in [2.75, 3.05) is 5.32 Å². The number of benzene rings is 1. The fourth-order valence-electron chi connectivity index (χ4n) is 1.47. The second-order valence-electron chi connectivity index (χ2n) is 3.64. The molecular weight excluding hydrogens is 267 g/mol. The van der Waals surface area contributed by atoms with Crippen LogP contribution in [0.15, 0.2) is 29.5 Å². The quantitative estimate of drug-likeness (QED) is 0.854. The minimum atomic E-state index is -0.0375. The third kappa shape index (κ3) is 2.40. The molecule has 0 spiro atoms. The van der Waals surface area contributed by atoms with Crippen LogP contribution >= 0.6 is 0 Å². The van der Waals surface area contributed by atoms with E-state index in [0.29, 0.717) is 0 Å². The van der Waals surface area contributed by atoms with Gasteiger partial charge in [0.2, 0.25) is 0 Å². The molecule has 4 heteroatoms. The average molecular weight is 279 g/mol. The van der Waals surface area contributed by atoms with Crippen LogP contribution in [0.4, 0.5) is 5.69 Å². The molecule has 0 aliphatic heterocycles. The third-order valence-corrected chi connectivity index (χ3v) is 3.91. The predicted octanol–water partition coefficient (Wildman–Crippen LogP) is 2.01. The first-order valence-electron chi connectivity index (χ1n) is 4.94. The Kier molecular flexibility index (Phi) is 3.22. The van der Waals surface area contributed by atoms with E-state index >= 15 is 0 Å². The Labute approximate surface area is 100 Å². The normalized spacial score (nSPS) is 10.1. The summed E-state index contributed by atoms with van der Waals surface area (Å²) < 4.78 is 0.771. The second-order valence-corrected chi connectivity index (χ2v) is 5.50. The molecule has 0 fully saturated rings. The van der Waals surface area contributed by atoms with E-state index in [1.165, 1.54) is 5.56 Å². The van der Waals surface area contributed by atoms with E-state index in [-0.39, 0.29) is 20.4 Å². The van der Waals surface area contributed by atoms with Crippen molar-refractivity contribution in [2.24, 2.45) is 0 Å². The van der Waals surface area contributed by atoms with Crippen LogP contribution in [-0.4, -0.2) is 25.4 Å². The number of aryl methyl sites for hydroxylation is 2. The van der Waals surface area contributed by atoms with Crippen molar-refractivity contribution >= 4 is 26.1 Å². The van der Waals surface area contributed by atoms with E-state index in [4.69, 9.17) is 0 Å². The monoisotopic (exact) mass is 280 g/mol. The molecule has 0 bridgehead atoms. The number of rotatable bonds is 2. The maximum atomic E-state index is 11.8. The second kappa shape index (κ2) is 4.64. The van der Waals surface area contributed by atoms with Gasteiger partial charge in [-0.1, -0.05) is 0 Å². The van der Waals surface area contributed by atoms with Gasteiger partial charge < -0.3 is 0 Å². The van der Waals surface area contributed by atoms with E-state index in [0.717, 1.165) is 15.7 Å². The van der Waals surface area contributed by atoms with Crippen molar-refractivity contribution in [1.82, 2.24) is 4.98 Å². The van der Waals surface area contributed by atoms with Gasteiger partial charge in [0.05, 0.1) is 0 Å². The van der Waals surface area contributed by atoms with Crippen LogP contribution in [0.1, 0.15) is 20.4 Å². The summed E-state index contributed by atoms with van der Waals surface area (Å²) >= 11 is 0.0860. The Morgan fingerprint density at radius 3 is 2.81 bits per heavy atom. The number of aromatic nitrogens is 1. The Morgan fingerprint density at radius 1 is 1.38 bits per heavy atom. The molecule has 0 saturated heterocycles. The molecule has 2 aromatic rings. The molecule has 1 aromatic carbocycles. The molecule has 0 unspecified atom stereocenters. The summed E-state index contributed by atoms with van der Waals surface area (Å²) in [6.07, 6.45) is 1.64.